The molecule has 10 nitrogen and oxygen atoms in total. The zero-order valence-electron chi connectivity index (χ0n) is 18.0. The molecule has 0 unspecified atom stereocenters. The number of nitro benzene ring substituents is 1. The summed E-state index contributed by atoms with van der Waals surface area (Å²) in [6.45, 7) is 0. The van der Waals surface area contributed by atoms with Crippen molar-refractivity contribution in [2.45, 2.75) is 24.8 Å². The first-order valence-corrected chi connectivity index (χ1v) is 10.4. The number of carbonyl (C=O) groups is 1. The number of nitrogens with zero attached hydrogens (tertiary/aromatic N) is 4. The van der Waals surface area contributed by atoms with Crippen LogP contribution in [-0.2, 0) is 4.79 Å². The molecule has 0 saturated heterocycles. The monoisotopic (exact) mass is 447 g/mol. The standard InChI is InChI=1S/C23H21N5O5/c1-32-19-8-5-14(11-20(19)33-2)15-9-17-21(18(29)10-15)22(27-23(26-17)24-12-25-27)13-3-6-16(7-4-13)28(30)31/h3-8,11-12,15,22H,9-10H2,1-2H3,(H,24,25,26)/t15-,22+/m1/s1. The number of nitrogens with one attached hydrogen (secondary N) is 1. The summed E-state index contributed by atoms with van der Waals surface area (Å²) in [5.74, 6) is 1.72. The first-order chi connectivity index (χ1) is 16.0. The van der Waals surface area contributed by atoms with Crippen molar-refractivity contribution in [3.8, 4) is 11.5 Å². The molecule has 0 radical (unpaired) electrons. The van der Waals surface area contributed by atoms with Crippen LogP contribution in [0.1, 0.15) is 35.9 Å². The maximum Gasteiger partial charge on any atom is 0.269 e. The van der Waals surface area contributed by atoms with E-state index in [1.807, 2.05) is 18.2 Å². The summed E-state index contributed by atoms with van der Waals surface area (Å²) in [7, 11) is 3.16. The number of aromatic nitrogens is 3. The third kappa shape index (κ3) is 3.49. The van der Waals surface area contributed by atoms with E-state index in [1.165, 1.54) is 18.5 Å². The summed E-state index contributed by atoms with van der Waals surface area (Å²) in [4.78, 5) is 28.4. The van der Waals surface area contributed by atoms with Crippen molar-refractivity contribution in [1.29, 1.82) is 0 Å². The van der Waals surface area contributed by atoms with Crippen molar-refractivity contribution in [3.05, 3.63) is 81.3 Å². The van der Waals surface area contributed by atoms with E-state index < -0.39 is 11.0 Å². The molecule has 10 heteroatoms. The Hall–Kier alpha value is -4.21. The van der Waals surface area contributed by atoms with E-state index in [1.54, 1.807) is 31.0 Å². The van der Waals surface area contributed by atoms with Gasteiger partial charge in [-0.2, -0.15) is 10.1 Å². The normalized spacial score (nSPS) is 19.4. The van der Waals surface area contributed by atoms with Crippen molar-refractivity contribution in [2.75, 3.05) is 19.5 Å². The van der Waals surface area contributed by atoms with Gasteiger partial charge in [0.05, 0.1) is 19.1 Å². The van der Waals surface area contributed by atoms with E-state index in [4.69, 9.17) is 9.47 Å². The number of ketones is 1. The molecule has 1 aromatic heterocycles. The van der Waals surface area contributed by atoms with Gasteiger partial charge in [-0.3, -0.25) is 14.9 Å². The fourth-order valence-corrected chi connectivity index (χ4v) is 4.58. The predicted molar refractivity (Wildman–Crippen MR) is 118 cm³/mol. The van der Waals surface area contributed by atoms with Gasteiger partial charge in [-0.25, -0.2) is 4.68 Å². The van der Waals surface area contributed by atoms with Gasteiger partial charge in [-0.05, 0) is 47.7 Å². The summed E-state index contributed by atoms with van der Waals surface area (Å²) in [6.07, 6.45) is 2.35. The highest BCUT2D eigenvalue weighted by atomic mass is 16.6. The van der Waals surface area contributed by atoms with Gasteiger partial charge in [-0.1, -0.05) is 6.07 Å². The lowest BCUT2D eigenvalue weighted by molar-refractivity contribution is -0.384. The first kappa shape index (κ1) is 20.7. The van der Waals surface area contributed by atoms with E-state index in [2.05, 4.69) is 15.4 Å². The van der Waals surface area contributed by atoms with Gasteiger partial charge in [0, 0.05) is 29.8 Å². The molecule has 0 bridgehead atoms. The predicted octanol–water partition coefficient (Wildman–Crippen LogP) is 3.62. The van der Waals surface area contributed by atoms with Crippen LogP contribution in [0.5, 0.6) is 11.5 Å². The molecule has 1 aliphatic carbocycles. The molecule has 1 aliphatic heterocycles. The number of Topliss-reactive ketones (excluding diaryl/α,β-unsaturated/α-hetero) is 1. The molecule has 0 spiro atoms. The number of carbonyl (C=O) groups excluding carboxylic acids is 1. The molecule has 2 atom stereocenters. The van der Waals surface area contributed by atoms with Gasteiger partial charge in [0.25, 0.3) is 5.69 Å². The lowest BCUT2D eigenvalue weighted by atomic mass is 9.78. The average molecular weight is 447 g/mol. The van der Waals surface area contributed by atoms with Gasteiger partial charge in [0.1, 0.15) is 12.4 Å². The lowest BCUT2D eigenvalue weighted by Crippen LogP contribution is -2.33. The fourth-order valence-electron chi connectivity index (χ4n) is 4.58. The third-order valence-corrected chi connectivity index (χ3v) is 6.16. The summed E-state index contributed by atoms with van der Waals surface area (Å²) in [5.41, 5.74) is 3.10. The first-order valence-electron chi connectivity index (χ1n) is 10.4. The van der Waals surface area contributed by atoms with Crippen LogP contribution in [0.2, 0.25) is 0 Å². The number of allylic oxidation sites excluding steroid dienone is 2. The second-order valence-electron chi connectivity index (χ2n) is 7.94. The highest BCUT2D eigenvalue weighted by molar-refractivity contribution is 6.00. The molecule has 1 N–H and O–H groups in total. The zero-order valence-corrected chi connectivity index (χ0v) is 18.0. The molecule has 168 valence electrons. The molecular formula is C23H21N5O5. The Labute approximate surface area is 189 Å². The quantitative estimate of drug-likeness (QED) is 0.465. The molecule has 5 rings (SSSR count). The zero-order chi connectivity index (χ0) is 23.1. The van der Waals surface area contributed by atoms with Crippen LogP contribution in [-0.4, -0.2) is 39.7 Å². The number of non-ortho nitro benzene ring substituents is 1. The van der Waals surface area contributed by atoms with E-state index >= 15 is 0 Å². The molecule has 3 aromatic rings. The second-order valence-corrected chi connectivity index (χ2v) is 7.94. The van der Waals surface area contributed by atoms with E-state index in [-0.39, 0.29) is 17.4 Å². The van der Waals surface area contributed by atoms with Gasteiger partial charge in [0.2, 0.25) is 5.95 Å². The largest absolute Gasteiger partial charge is 0.493 e. The Kier molecular flexibility index (Phi) is 5.04. The van der Waals surface area contributed by atoms with E-state index in [0.29, 0.717) is 35.9 Å². The summed E-state index contributed by atoms with van der Waals surface area (Å²) in [6, 6.07) is 11.4. The maximum atomic E-state index is 13.5. The van der Waals surface area contributed by atoms with Crippen molar-refractivity contribution in [2.24, 2.45) is 0 Å². The minimum absolute atomic E-state index is 0.00645. The number of rotatable bonds is 5. The van der Waals surface area contributed by atoms with E-state index in [0.717, 1.165) is 16.8 Å². The van der Waals surface area contributed by atoms with Crippen molar-refractivity contribution in [1.82, 2.24) is 14.8 Å². The Bertz CT molecular complexity index is 1280. The molecule has 2 aliphatic rings. The number of hydrogen-bond donors (Lipinski definition) is 1. The lowest BCUT2D eigenvalue weighted by Gasteiger charge is -2.35. The van der Waals surface area contributed by atoms with Crippen LogP contribution in [0, 0.1) is 10.1 Å². The molecule has 33 heavy (non-hydrogen) atoms. The van der Waals surface area contributed by atoms with Crippen LogP contribution >= 0.6 is 0 Å². The number of benzene rings is 2. The highest BCUT2D eigenvalue weighted by Gasteiger charge is 2.39. The molecule has 2 aromatic carbocycles. The summed E-state index contributed by atoms with van der Waals surface area (Å²) >= 11 is 0. The number of hydrogen-bond acceptors (Lipinski definition) is 8. The summed E-state index contributed by atoms with van der Waals surface area (Å²) in [5, 5.41) is 18.7. The second kappa shape index (κ2) is 8.05. The summed E-state index contributed by atoms with van der Waals surface area (Å²) < 4.78 is 12.4. The van der Waals surface area contributed by atoms with Crippen LogP contribution in [0.3, 0.4) is 0 Å². The minimum atomic E-state index is -0.501. The van der Waals surface area contributed by atoms with Gasteiger partial charge in [-0.15, -0.1) is 0 Å². The fraction of sp³-hybridized carbons (Fsp3) is 0.261. The van der Waals surface area contributed by atoms with Gasteiger partial charge >= 0.3 is 0 Å². The smallest absolute Gasteiger partial charge is 0.269 e. The topological polar surface area (TPSA) is 121 Å². The van der Waals surface area contributed by atoms with Crippen molar-refractivity contribution < 1.29 is 19.2 Å². The van der Waals surface area contributed by atoms with Crippen molar-refractivity contribution in [3.63, 3.8) is 0 Å². The highest BCUT2D eigenvalue weighted by Crippen LogP contribution is 2.45. The molecule has 0 amide bonds. The van der Waals surface area contributed by atoms with Crippen LogP contribution in [0.15, 0.2) is 60.1 Å². The SMILES string of the molecule is COc1ccc([C@H]2CC(=O)C3=C(C2)Nc2ncnn2[C@H]3c2ccc([N+](=O)[O-])cc2)cc1OC. The molecular weight excluding hydrogens is 426 g/mol. The van der Waals surface area contributed by atoms with Crippen LogP contribution in [0.4, 0.5) is 11.6 Å². The van der Waals surface area contributed by atoms with Crippen LogP contribution in [0.25, 0.3) is 0 Å². The molecule has 2 heterocycles. The number of methoxy groups -OCH3 is 2. The van der Waals surface area contributed by atoms with E-state index in [9.17, 15) is 14.9 Å². The van der Waals surface area contributed by atoms with Crippen LogP contribution < -0.4 is 14.8 Å². The number of nitro groups is 1. The minimum Gasteiger partial charge on any atom is -0.493 e. The van der Waals surface area contributed by atoms with Gasteiger partial charge < -0.3 is 14.8 Å². The Morgan fingerprint density at radius 3 is 2.48 bits per heavy atom. The molecule has 0 fully saturated rings. The Morgan fingerprint density at radius 2 is 1.79 bits per heavy atom. The van der Waals surface area contributed by atoms with Crippen molar-refractivity contribution >= 4 is 17.4 Å². The maximum absolute atomic E-state index is 13.5. The number of anilines is 1. The third-order valence-electron chi connectivity index (χ3n) is 6.16. The van der Waals surface area contributed by atoms with Gasteiger partial charge in [0.15, 0.2) is 17.3 Å². The number of ether oxygens (including phenoxy) is 2. The average Bonchev–Trinajstić information content (AvgIpc) is 3.30. The number of fused-ring (bicyclic) bond motifs is 1. The Balaban J connectivity index is 1.54. The molecule has 0 saturated carbocycles. The Morgan fingerprint density at radius 1 is 1.06 bits per heavy atom.